The molecule has 1 saturated heterocycles. The average Bonchev–Trinajstić information content (AvgIpc) is 2.48. The minimum atomic E-state index is -0.208. The highest BCUT2D eigenvalue weighted by atomic mass is 35.5. The van der Waals surface area contributed by atoms with Gasteiger partial charge in [-0.3, -0.25) is 9.78 Å². The minimum Gasteiger partial charge on any atom is -0.473 e. The number of ether oxygens (including phenoxy) is 2. The second-order valence-electron chi connectivity index (χ2n) is 4.69. The molecule has 0 radical (unpaired) electrons. The number of amides is 1. The highest BCUT2D eigenvalue weighted by Crippen LogP contribution is 2.23. The molecule has 2 aromatic rings. The van der Waals surface area contributed by atoms with Crippen LogP contribution in [0, 0.1) is 0 Å². The molecule has 0 aromatic carbocycles. The lowest BCUT2D eigenvalue weighted by Crippen LogP contribution is -2.46. The molecule has 0 bridgehead atoms. The third-order valence-corrected chi connectivity index (χ3v) is 3.34. The van der Waals surface area contributed by atoms with E-state index in [1.807, 2.05) is 0 Å². The van der Waals surface area contributed by atoms with Crippen LogP contribution in [0.15, 0.2) is 18.5 Å². The molecule has 0 aliphatic carbocycles. The standard InChI is InChI=1S/C13H13ClN4O3/c1-18-5-8(20-7-11(18)19)6-21-13-12-9(4-10(14)17-13)15-2-3-16-12/h2-4,8H,5-7H2,1H3. The van der Waals surface area contributed by atoms with Crippen molar-refractivity contribution in [2.45, 2.75) is 6.10 Å². The second kappa shape index (κ2) is 5.79. The molecule has 7 nitrogen and oxygen atoms in total. The molecule has 1 atom stereocenters. The smallest absolute Gasteiger partial charge is 0.248 e. The summed E-state index contributed by atoms with van der Waals surface area (Å²) in [5.41, 5.74) is 1.16. The molecule has 0 N–H and O–H groups in total. The van der Waals surface area contributed by atoms with E-state index >= 15 is 0 Å². The molecule has 110 valence electrons. The van der Waals surface area contributed by atoms with Crippen molar-refractivity contribution in [3.8, 4) is 5.88 Å². The summed E-state index contributed by atoms with van der Waals surface area (Å²) in [7, 11) is 1.73. The number of aromatic nitrogens is 3. The summed E-state index contributed by atoms with van der Waals surface area (Å²) >= 11 is 5.94. The van der Waals surface area contributed by atoms with Gasteiger partial charge in [0.2, 0.25) is 11.8 Å². The van der Waals surface area contributed by atoms with Crippen LogP contribution in [-0.4, -0.2) is 58.7 Å². The molecule has 0 spiro atoms. The zero-order valence-electron chi connectivity index (χ0n) is 11.3. The number of hydrogen-bond acceptors (Lipinski definition) is 6. The van der Waals surface area contributed by atoms with Crippen LogP contribution in [0.25, 0.3) is 11.0 Å². The number of fused-ring (bicyclic) bond motifs is 1. The highest BCUT2D eigenvalue weighted by Gasteiger charge is 2.24. The van der Waals surface area contributed by atoms with E-state index in [-0.39, 0.29) is 30.4 Å². The topological polar surface area (TPSA) is 77.4 Å². The number of rotatable bonds is 3. The molecule has 2 aromatic heterocycles. The van der Waals surface area contributed by atoms with E-state index in [0.717, 1.165) is 0 Å². The number of carbonyl (C=O) groups is 1. The molecule has 0 saturated carbocycles. The van der Waals surface area contributed by atoms with Crippen molar-refractivity contribution >= 4 is 28.5 Å². The van der Waals surface area contributed by atoms with E-state index in [1.165, 1.54) is 0 Å². The third-order valence-electron chi connectivity index (χ3n) is 3.15. The fourth-order valence-corrected chi connectivity index (χ4v) is 2.23. The van der Waals surface area contributed by atoms with E-state index in [9.17, 15) is 4.79 Å². The number of pyridine rings is 1. The Morgan fingerprint density at radius 1 is 1.48 bits per heavy atom. The van der Waals surface area contributed by atoms with Gasteiger partial charge in [0, 0.05) is 32.1 Å². The molecule has 1 amide bonds. The third kappa shape index (κ3) is 3.03. The quantitative estimate of drug-likeness (QED) is 0.785. The first-order valence-electron chi connectivity index (χ1n) is 6.39. The van der Waals surface area contributed by atoms with Gasteiger partial charge in [-0.15, -0.1) is 0 Å². The second-order valence-corrected chi connectivity index (χ2v) is 5.08. The van der Waals surface area contributed by atoms with Gasteiger partial charge in [0.15, 0.2) is 5.52 Å². The molecular formula is C13H13ClN4O3. The van der Waals surface area contributed by atoms with Crippen molar-refractivity contribution in [3.63, 3.8) is 0 Å². The number of carbonyl (C=O) groups excluding carboxylic acids is 1. The van der Waals surface area contributed by atoms with Crippen LogP contribution < -0.4 is 4.74 Å². The number of morpholine rings is 1. The van der Waals surface area contributed by atoms with Crippen LogP contribution >= 0.6 is 11.6 Å². The lowest BCUT2D eigenvalue weighted by atomic mass is 10.3. The van der Waals surface area contributed by atoms with Gasteiger partial charge in [-0.25, -0.2) is 4.98 Å². The fraction of sp³-hybridized carbons (Fsp3) is 0.385. The molecule has 1 unspecified atom stereocenters. The predicted molar refractivity (Wildman–Crippen MR) is 75.2 cm³/mol. The Hall–Kier alpha value is -1.99. The largest absolute Gasteiger partial charge is 0.473 e. The molecule has 1 aliphatic rings. The van der Waals surface area contributed by atoms with E-state index in [1.54, 1.807) is 30.4 Å². The first kappa shape index (κ1) is 14.0. The van der Waals surface area contributed by atoms with Crippen LogP contribution in [0.1, 0.15) is 0 Å². The Morgan fingerprint density at radius 2 is 2.29 bits per heavy atom. The molecule has 3 rings (SSSR count). The van der Waals surface area contributed by atoms with Crippen LogP contribution in [0.5, 0.6) is 5.88 Å². The minimum absolute atomic E-state index is 0.0385. The average molecular weight is 309 g/mol. The molecule has 3 heterocycles. The van der Waals surface area contributed by atoms with Gasteiger partial charge < -0.3 is 14.4 Å². The van der Waals surface area contributed by atoms with Crippen molar-refractivity contribution in [2.24, 2.45) is 0 Å². The molecule has 1 aliphatic heterocycles. The first-order valence-corrected chi connectivity index (χ1v) is 6.77. The lowest BCUT2D eigenvalue weighted by molar-refractivity contribution is -0.148. The van der Waals surface area contributed by atoms with E-state index < -0.39 is 0 Å². The first-order chi connectivity index (χ1) is 10.1. The van der Waals surface area contributed by atoms with Crippen molar-refractivity contribution in [3.05, 3.63) is 23.6 Å². The number of halogens is 1. The van der Waals surface area contributed by atoms with Crippen molar-refractivity contribution in [1.29, 1.82) is 0 Å². The lowest BCUT2D eigenvalue weighted by Gasteiger charge is -2.29. The van der Waals surface area contributed by atoms with Gasteiger partial charge in [0.1, 0.15) is 24.5 Å². The summed E-state index contributed by atoms with van der Waals surface area (Å²) in [6.07, 6.45) is 2.93. The Labute approximate surface area is 125 Å². The maximum absolute atomic E-state index is 11.3. The summed E-state index contributed by atoms with van der Waals surface area (Å²) in [6.45, 7) is 0.799. The zero-order valence-corrected chi connectivity index (χ0v) is 12.1. The Morgan fingerprint density at radius 3 is 3.10 bits per heavy atom. The number of hydrogen-bond donors (Lipinski definition) is 0. The summed E-state index contributed by atoms with van der Waals surface area (Å²) in [5, 5.41) is 0.287. The van der Waals surface area contributed by atoms with Crippen LogP contribution in [0.4, 0.5) is 0 Å². The Kier molecular flexibility index (Phi) is 3.85. The monoisotopic (exact) mass is 308 g/mol. The number of likely N-dealkylation sites (N-methyl/N-ethyl adjacent to an activating group) is 1. The van der Waals surface area contributed by atoms with Gasteiger partial charge in [0.05, 0.1) is 5.52 Å². The zero-order chi connectivity index (χ0) is 14.8. The van der Waals surface area contributed by atoms with Gasteiger partial charge in [0.25, 0.3) is 0 Å². The van der Waals surface area contributed by atoms with Crippen LogP contribution in [0.2, 0.25) is 5.15 Å². The molecule has 8 heteroatoms. The summed E-state index contributed by atoms with van der Waals surface area (Å²) in [5.74, 6) is 0.275. The highest BCUT2D eigenvalue weighted by molar-refractivity contribution is 6.30. The SMILES string of the molecule is CN1CC(COc2nc(Cl)cc3nccnc23)OCC1=O. The van der Waals surface area contributed by atoms with E-state index in [4.69, 9.17) is 21.1 Å². The summed E-state index contributed by atoms with van der Waals surface area (Å²) in [6, 6.07) is 1.63. The van der Waals surface area contributed by atoms with Gasteiger partial charge in [-0.05, 0) is 0 Å². The maximum Gasteiger partial charge on any atom is 0.248 e. The van der Waals surface area contributed by atoms with Crippen molar-refractivity contribution < 1.29 is 14.3 Å². The van der Waals surface area contributed by atoms with Gasteiger partial charge in [-0.1, -0.05) is 11.6 Å². The molecule has 1 fully saturated rings. The molecule has 21 heavy (non-hydrogen) atoms. The summed E-state index contributed by atoms with van der Waals surface area (Å²) < 4.78 is 11.1. The van der Waals surface area contributed by atoms with Crippen molar-refractivity contribution in [2.75, 3.05) is 26.8 Å². The van der Waals surface area contributed by atoms with Crippen molar-refractivity contribution in [1.82, 2.24) is 19.9 Å². The predicted octanol–water partition coefficient (Wildman–Crippen LogP) is 0.914. The van der Waals surface area contributed by atoms with Crippen LogP contribution in [0.3, 0.4) is 0 Å². The maximum atomic E-state index is 11.3. The van der Waals surface area contributed by atoms with Gasteiger partial charge in [-0.2, -0.15) is 4.98 Å². The normalized spacial score (nSPS) is 19.0. The Bertz CT molecular complexity index is 682. The molecular weight excluding hydrogens is 296 g/mol. The van der Waals surface area contributed by atoms with Gasteiger partial charge >= 0.3 is 0 Å². The van der Waals surface area contributed by atoms with E-state index in [2.05, 4.69) is 15.0 Å². The number of nitrogens with zero attached hydrogens (tertiary/aromatic N) is 4. The Balaban J connectivity index is 1.75. The summed E-state index contributed by atoms with van der Waals surface area (Å²) in [4.78, 5) is 25.4. The van der Waals surface area contributed by atoms with Crippen LogP contribution in [-0.2, 0) is 9.53 Å². The van der Waals surface area contributed by atoms with E-state index in [0.29, 0.717) is 23.5 Å². The fourth-order valence-electron chi connectivity index (χ4n) is 2.05.